The summed E-state index contributed by atoms with van der Waals surface area (Å²) in [6.07, 6.45) is 2.24. The Kier molecular flexibility index (Phi) is 2.93. The van der Waals surface area contributed by atoms with Gasteiger partial charge in [0.15, 0.2) is 0 Å². The van der Waals surface area contributed by atoms with E-state index in [1.807, 2.05) is 0 Å². The Balaban J connectivity index is 2.97. The van der Waals surface area contributed by atoms with Gasteiger partial charge in [0.2, 0.25) is 0 Å². The van der Waals surface area contributed by atoms with Crippen LogP contribution in [0, 0.1) is 0 Å². The van der Waals surface area contributed by atoms with Crippen molar-refractivity contribution in [1.82, 2.24) is 0 Å². The normalized spacial score (nSPS) is 12.4. The van der Waals surface area contributed by atoms with Gasteiger partial charge in [0.05, 0.1) is 0 Å². The molecule has 3 heteroatoms. The Labute approximate surface area is 77.1 Å². The molecule has 1 atom stereocenters. The van der Waals surface area contributed by atoms with Crippen LogP contribution in [-0.4, -0.2) is 10.2 Å². The summed E-state index contributed by atoms with van der Waals surface area (Å²) in [7, 11) is 0. The molecule has 3 nitrogen and oxygen atoms in total. The smallest absolute Gasteiger partial charge is 0.120 e. The standard InChI is InChI=1S/C10H13NO2/c1-2-3-9(11)8-6-7(12)4-5-10(8)13/h2,4-6,9,12-13H,1,3,11H2/t9-/m1/s1. The van der Waals surface area contributed by atoms with Gasteiger partial charge in [0, 0.05) is 11.6 Å². The highest BCUT2D eigenvalue weighted by Crippen LogP contribution is 2.28. The lowest BCUT2D eigenvalue weighted by molar-refractivity contribution is 0.448. The maximum atomic E-state index is 9.41. The van der Waals surface area contributed by atoms with Gasteiger partial charge in [-0.3, -0.25) is 0 Å². The molecule has 0 aliphatic heterocycles. The lowest BCUT2D eigenvalue weighted by Gasteiger charge is -2.11. The molecule has 0 bridgehead atoms. The second-order valence-corrected chi connectivity index (χ2v) is 2.87. The number of hydrogen-bond acceptors (Lipinski definition) is 3. The Morgan fingerprint density at radius 1 is 1.46 bits per heavy atom. The van der Waals surface area contributed by atoms with E-state index in [1.54, 1.807) is 6.08 Å². The number of phenolic OH excluding ortho intramolecular Hbond substituents is 2. The van der Waals surface area contributed by atoms with Gasteiger partial charge in [-0.2, -0.15) is 0 Å². The quantitative estimate of drug-likeness (QED) is 0.488. The Hall–Kier alpha value is -1.48. The number of hydrogen-bond donors (Lipinski definition) is 3. The molecule has 0 amide bonds. The van der Waals surface area contributed by atoms with Gasteiger partial charge < -0.3 is 15.9 Å². The number of aromatic hydroxyl groups is 2. The molecule has 70 valence electrons. The predicted molar refractivity (Wildman–Crippen MR) is 51.5 cm³/mol. The van der Waals surface area contributed by atoms with Crippen LogP contribution in [0.5, 0.6) is 11.5 Å². The lowest BCUT2D eigenvalue weighted by atomic mass is 10.0. The van der Waals surface area contributed by atoms with Gasteiger partial charge in [0.25, 0.3) is 0 Å². The summed E-state index contributed by atoms with van der Waals surface area (Å²) in [5.74, 6) is 0.208. The first-order valence-corrected chi connectivity index (χ1v) is 4.03. The van der Waals surface area contributed by atoms with E-state index < -0.39 is 0 Å². The highest BCUT2D eigenvalue weighted by Gasteiger charge is 2.09. The van der Waals surface area contributed by atoms with Crippen LogP contribution in [0.25, 0.3) is 0 Å². The molecule has 0 saturated carbocycles. The molecule has 0 aliphatic carbocycles. The van der Waals surface area contributed by atoms with Crippen molar-refractivity contribution in [2.45, 2.75) is 12.5 Å². The van der Waals surface area contributed by atoms with E-state index in [-0.39, 0.29) is 17.5 Å². The van der Waals surface area contributed by atoms with E-state index in [2.05, 4.69) is 6.58 Å². The summed E-state index contributed by atoms with van der Waals surface area (Å²) in [5.41, 5.74) is 6.27. The third kappa shape index (κ3) is 2.23. The molecule has 4 N–H and O–H groups in total. The van der Waals surface area contributed by atoms with Gasteiger partial charge >= 0.3 is 0 Å². The van der Waals surface area contributed by atoms with Crippen LogP contribution in [0.15, 0.2) is 30.9 Å². The number of rotatable bonds is 3. The molecule has 13 heavy (non-hydrogen) atoms. The maximum absolute atomic E-state index is 9.41. The van der Waals surface area contributed by atoms with E-state index >= 15 is 0 Å². The van der Waals surface area contributed by atoms with Crippen molar-refractivity contribution in [2.75, 3.05) is 0 Å². The Morgan fingerprint density at radius 3 is 2.77 bits per heavy atom. The molecule has 0 aromatic heterocycles. The number of nitrogens with two attached hydrogens (primary N) is 1. The van der Waals surface area contributed by atoms with Crippen LogP contribution in [0.4, 0.5) is 0 Å². The van der Waals surface area contributed by atoms with Crippen LogP contribution in [-0.2, 0) is 0 Å². The molecule has 0 unspecified atom stereocenters. The van der Waals surface area contributed by atoms with Gasteiger partial charge in [-0.1, -0.05) is 6.08 Å². The highest BCUT2D eigenvalue weighted by molar-refractivity contribution is 5.40. The van der Waals surface area contributed by atoms with Gasteiger partial charge in [-0.25, -0.2) is 0 Å². The monoisotopic (exact) mass is 179 g/mol. The van der Waals surface area contributed by atoms with Crippen molar-refractivity contribution in [3.8, 4) is 11.5 Å². The summed E-state index contributed by atoms with van der Waals surface area (Å²) in [6.45, 7) is 3.55. The minimum absolute atomic E-state index is 0.104. The number of phenols is 2. The molecular formula is C10H13NO2. The van der Waals surface area contributed by atoms with Crippen molar-refractivity contribution in [3.63, 3.8) is 0 Å². The maximum Gasteiger partial charge on any atom is 0.120 e. The molecule has 1 aromatic carbocycles. The highest BCUT2D eigenvalue weighted by atomic mass is 16.3. The van der Waals surface area contributed by atoms with E-state index in [4.69, 9.17) is 10.8 Å². The third-order valence-corrected chi connectivity index (χ3v) is 1.83. The molecule has 1 rings (SSSR count). The zero-order valence-corrected chi connectivity index (χ0v) is 7.27. The molecule has 0 fully saturated rings. The van der Waals surface area contributed by atoms with E-state index in [0.29, 0.717) is 12.0 Å². The zero-order valence-electron chi connectivity index (χ0n) is 7.27. The molecule has 0 saturated heterocycles. The fourth-order valence-corrected chi connectivity index (χ4v) is 1.15. The van der Waals surface area contributed by atoms with E-state index in [1.165, 1.54) is 18.2 Å². The van der Waals surface area contributed by atoms with Crippen LogP contribution in [0.3, 0.4) is 0 Å². The summed E-state index contributed by atoms with van der Waals surface area (Å²) >= 11 is 0. The second kappa shape index (κ2) is 3.96. The average molecular weight is 179 g/mol. The topological polar surface area (TPSA) is 66.5 Å². The van der Waals surface area contributed by atoms with Gasteiger partial charge in [-0.15, -0.1) is 6.58 Å². The van der Waals surface area contributed by atoms with Crippen LogP contribution >= 0.6 is 0 Å². The summed E-state index contributed by atoms with van der Waals surface area (Å²) < 4.78 is 0. The van der Waals surface area contributed by atoms with Crippen molar-refractivity contribution < 1.29 is 10.2 Å². The van der Waals surface area contributed by atoms with Crippen LogP contribution < -0.4 is 5.73 Å². The van der Waals surface area contributed by atoms with E-state index in [9.17, 15) is 5.11 Å². The van der Waals surface area contributed by atoms with Crippen molar-refractivity contribution in [3.05, 3.63) is 36.4 Å². The van der Waals surface area contributed by atoms with Gasteiger partial charge in [0.1, 0.15) is 11.5 Å². The van der Waals surface area contributed by atoms with Crippen molar-refractivity contribution >= 4 is 0 Å². The molecular weight excluding hydrogens is 166 g/mol. The first kappa shape index (κ1) is 9.61. The van der Waals surface area contributed by atoms with E-state index in [0.717, 1.165) is 0 Å². The molecule has 0 spiro atoms. The largest absolute Gasteiger partial charge is 0.508 e. The molecule has 0 radical (unpaired) electrons. The fourth-order valence-electron chi connectivity index (χ4n) is 1.15. The minimum Gasteiger partial charge on any atom is -0.508 e. The van der Waals surface area contributed by atoms with Crippen molar-refractivity contribution in [2.24, 2.45) is 5.73 Å². The summed E-state index contributed by atoms with van der Waals surface area (Å²) in [6, 6.07) is 3.99. The lowest BCUT2D eigenvalue weighted by Crippen LogP contribution is -2.08. The summed E-state index contributed by atoms with van der Waals surface area (Å²) in [4.78, 5) is 0. The first-order chi connectivity index (χ1) is 6.15. The fraction of sp³-hybridized carbons (Fsp3) is 0.200. The van der Waals surface area contributed by atoms with Gasteiger partial charge in [-0.05, 0) is 24.6 Å². The molecule has 1 aromatic rings. The van der Waals surface area contributed by atoms with Crippen LogP contribution in [0.2, 0.25) is 0 Å². The molecule has 0 aliphatic rings. The Bertz CT molecular complexity index is 310. The van der Waals surface area contributed by atoms with Crippen LogP contribution in [0.1, 0.15) is 18.0 Å². The molecule has 0 heterocycles. The summed E-state index contributed by atoms with van der Waals surface area (Å²) in [5, 5.41) is 18.6. The van der Waals surface area contributed by atoms with Crippen molar-refractivity contribution in [1.29, 1.82) is 0 Å². The second-order valence-electron chi connectivity index (χ2n) is 2.87. The minimum atomic E-state index is -0.315. The predicted octanol–water partition coefficient (Wildman–Crippen LogP) is 1.67. The third-order valence-electron chi connectivity index (χ3n) is 1.83. The first-order valence-electron chi connectivity index (χ1n) is 4.03. The average Bonchev–Trinajstić information content (AvgIpc) is 2.09. The SMILES string of the molecule is C=CC[C@@H](N)c1cc(O)ccc1O. The Morgan fingerprint density at radius 2 is 2.15 bits per heavy atom. The zero-order chi connectivity index (χ0) is 9.84. The number of benzene rings is 1.